The monoisotopic (exact) mass is 253 g/mol. The van der Waals surface area contributed by atoms with Crippen LogP contribution in [0.4, 0.5) is 0 Å². The summed E-state index contributed by atoms with van der Waals surface area (Å²) >= 11 is 0. The average molecular weight is 253 g/mol. The minimum atomic E-state index is 0.00282. The Bertz CT molecular complexity index is 276. The van der Waals surface area contributed by atoms with Gasteiger partial charge in [0, 0.05) is 18.6 Å². The van der Waals surface area contributed by atoms with E-state index in [0.717, 1.165) is 19.4 Å². The summed E-state index contributed by atoms with van der Waals surface area (Å²) in [7, 11) is 0. The van der Waals surface area contributed by atoms with E-state index in [4.69, 9.17) is 5.73 Å². The largest absolute Gasteiger partial charge is 0.352 e. The molecule has 2 aliphatic rings. The Morgan fingerprint density at radius 2 is 2.00 bits per heavy atom. The van der Waals surface area contributed by atoms with Crippen LogP contribution in [0.25, 0.3) is 0 Å². The second-order valence-electron chi connectivity index (χ2n) is 5.82. The summed E-state index contributed by atoms with van der Waals surface area (Å²) in [5, 5.41) is 3.11. The SMILES string of the molecule is CC1CCN(C2CCCCC2)C(CCN)C(=O)N1. The van der Waals surface area contributed by atoms with Crippen LogP contribution in [0.15, 0.2) is 0 Å². The highest BCUT2D eigenvalue weighted by atomic mass is 16.2. The summed E-state index contributed by atoms with van der Waals surface area (Å²) in [5.41, 5.74) is 5.69. The molecule has 0 aromatic heterocycles. The molecule has 1 saturated heterocycles. The maximum absolute atomic E-state index is 12.3. The van der Waals surface area contributed by atoms with Gasteiger partial charge in [-0.25, -0.2) is 0 Å². The van der Waals surface area contributed by atoms with Gasteiger partial charge in [0.15, 0.2) is 0 Å². The van der Waals surface area contributed by atoms with Crippen LogP contribution in [0.3, 0.4) is 0 Å². The van der Waals surface area contributed by atoms with E-state index in [0.29, 0.717) is 18.6 Å². The zero-order valence-corrected chi connectivity index (χ0v) is 11.5. The van der Waals surface area contributed by atoms with Gasteiger partial charge in [-0.2, -0.15) is 0 Å². The molecule has 0 aromatic rings. The predicted molar refractivity (Wildman–Crippen MR) is 73.3 cm³/mol. The van der Waals surface area contributed by atoms with Gasteiger partial charge in [0.25, 0.3) is 0 Å². The third-order valence-corrected chi connectivity index (χ3v) is 4.40. The molecular weight excluding hydrogens is 226 g/mol. The molecule has 0 radical (unpaired) electrons. The molecule has 1 amide bonds. The van der Waals surface area contributed by atoms with E-state index in [1.54, 1.807) is 0 Å². The van der Waals surface area contributed by atoms with Gasteiger partial charge in [-0.3, -0.25) is 9.69 Å². The zero-order chi connectivity index (χ0) is 13.0. The third kappa shape index (κ3) is 3.23. The topological polar surface area (TPSA) is 58.4 Å². The maximum Gasteiger partial charge on any atom is 0.237 e. The average Bonchev–Trinajstić information content (AvgIpc) is 2.51. The fourth-order valence-electron chi connectivity index (χ4n) is 3.36. The van der Waals surface area contributed by atoms with Crippen LogP contribution >= 0.6 is 0 Å². The van der Waals surface area contributed by atoms with Crippen molar-refractivity contribution in [2.75, 3.05) is 13.1 Å². The van der Waals surface area contributed by atoms with Gasteiger partial charge in [0.05, 0.1) is 6.04 Å². The normalized spacial score (nSPS) is 32.0. The molecule has 2 fully saturated rings. The minimum absolute atomic E-state index is 0.00282. The molecule has 1 aliphatic carbocycles. The van der Waals surface area contributed by atoms with E-state index in [-0.39, 0.29) is 11.9 Å². The maximum atomic E-state index is 12.3. The first-order valence-corrected chi connectivity index (χ1v) is 7.48. The third-order valence-electron chi connectivity index (χ3n) is 4.40. The van der Waals surface area contributed by atoms with Gasteiger partial charge in [0.2, 0.25) is 5.91 Å². The van der Waals surface area contributed by atoms with Crippen molar-refractivity contribution >= 4 is 5.91 Å². The van der Waals surface area contributed by atoms with Gasteiger partial charge < -0.3 is 11.1 Å². The molecule has 4 heteroatoms. The van der Waals surface area contributed by atoms with Crippen molar-refractivity contribution in [1.82, 2.24) is 10.2 Å². The second kappa shape index (κ2) is 6.53. The Balaban J connectivity index is 2.08. The van der Waals surface area contributed by atoms with Gasteiger partial charge >= 0.3 is 0 Å². The molecule has 0 aromatic carbocycles. The predicted octanol–water partition coefficient (Wildman–Crippen LogP) is 1.25. The van der Waals surface area contributed by atoms with Crippen molar-refractivity contribution in [1.29, 1.82) is 0 Å². The Kier molecular flexibility index (Phi) is 5.01. The van der Waals surface area contributed by atoms with Crippen molar-refractivity contribution in [2.45, 2.75) is 70.0 Å². The molecule has 2 rings (SSSR count). The highest BCUT2D eigenvalue weighted by Gasteiger charge is 2.34. The number of hydrogen-bond acceptors (Lipinski definition) is 3. The number of amides is 1. The summed E-state index contributed by atoms with van der Waals surface area (Å²) in [6, 6.07) is 0.903. The molecule has 0 bridgehead atoms. The first kappa shape index (κ1) is 13.8. The van der Waals surface area contributed by atoms with Gasteiger partial charge in [0.1, 0.15) is 0 Å². The summed E-state index contributed by atoms with van der Waals surface area (Å²) in [6.07, 6.45) is 8.33. The van der Waals surface area contributed by atoms with Crippen molar-refractivity contribution in [3.63, 3.8) is 0 Å². The van der Waals surface area contributed by atoms with E-state index >= 15 is 0 Å². The number of rotatable bonds is 3. The summed E-state index contributed by atoms with van der Waals surface area (Å²) in [4.78, 5) is 14.7. The summed E-state index contributed by atoms with van der Waals surface area (Å²) in [6.45, 7) is 3.73. The van der Waals surface area contributed by atoms with Crippen LogP contribution in [0, 0.1) is 0 Å². The highest BCUT2D eigenvalue weighted by Crippen LogP contribution is 2.26. The van der Waals surface area contributed by atoms with Crippen LogP contribution in [0.1, 0.15) is 51.9 Å². The first-order chi connectivity index (χ1) is 8.72. The molecule has 104 valence electrons. The van der Waals surface area contributed by atoms with Crippen LogP contribution in [0.5, 0.6) is 0 Å². The zero-order valence-electron chi connectivity index (χ0n) is 11.5. The molecule has 0 spiro atoms. The summed E-state index contributed by atoms with van der Waals surface area (Å²) < 4.78 is 0. The standard InChI is InChI=1S/C14H27N3O/c1-11-8-10-17(12-5-3-2-4-6-12)13(7-9-15)14(18)16-11/h11-13H,2-10,15H2,1H3,(H,16,18). The fourth-order valence-corrected chi connectivity index (χ4v) is 3.36. The van der Waals surface area contributed by atoms with Crippen molar-refractivity contribution in [3.8, 4) is 0 Å². The molecule has 18 heavy (non-hydrogen) atoms. The lowest BCUT2D eigenvalue weighted by Crippen LogP contribution is -2.50. The van der Waals surface area contributed by atoms with Crippen LogP contribution in [0.2, 0.25) is 0 Å². The van der Waals surface area contributed by atoms with Crippen LogP contribution in [-0.4, -0.2) is 42.0 Å². The molecule has 1 heterocycles. The molecule has 2 atom stereocenters. The Hall–Kier alpha value is -0.610. The molecular formula is C14H27N3O. The molecule has 1 saturated carbocycles. The van der Waals surface area contributed by atoms with Crippen molar-refractivity contribution < 1.29 is 4.79 Å². The molecule has 1 aliphatic heterocycles. The highest BCUT2D eigenvalue weighted by molar-refractivity contribution is 5.82. The number of nitrogens with two attached hydrogens (primary N) is 1. The smallest absolute Gasteiger partial charge is 0.237 e. The Labute approximate surface area is 110 Å². The number of hydrogen-bond donors (Lipinski definition) is 2. The Morgan fingerprint density at radius 1 is 1.28 bits per heavy atom. The molecule has 3 N–H and O–H groups in total. The molecule has 2 unspecified atom stereocenters. The lowest BCUT2D eigenvalue weighted by atomic mass is 9.92. The number of carbonyl (C=O) groups excluding carboxylic acids is 1. The van der Waals surface area contributed by atoms with Crippen molar-refractivity contribution in [3.05, 3.63) is 0 Å². The summed E-state index contributed by atoms with van der Waals surface area (Å²) in [5.74, 6) is 0.191. The van der Waals surface area contributed by atoms with E-state index in [1.165, 1.54) is 32.1 Å². The van der Waals surface area contributed by atoms with E-state index in [1.807, 2.05) is 0 Å². The Morgan fingerprint density at radius 3 is 2.67 bits per heavy atom. The first-order valence-electron chi connectivity index (χ1n) is 7.48. The van der Waals surface area contributed by atoms with Gasteiger partial charge in [-0.05, 0) is 39.2 Å². The van der Waals surface area contributed by atoms with Crippen LogP contribution < -0.4 is 11.1 Å². The second-order valence-corrected chi connectivity index (χ2v) is 5.82. The number of nitrogens with zero attached hydrogens (tertiary/aromatic N) is 1. The number of nitrogens with one attached hydrogen (secondary N) is 1. The minimum Gasteiger partial charge on any atom is -0.352 e. The van der Waals surface area contributed by atoms with E-state index in [2.05, 4.69) is 17.1 Å². The fraction of sp³-hybridized carbons (Fsp3) is 0.929. The molecule has 4 nitrogen and oxygen atoms in total. The van der Waals surface area contributed by atoms with E-state index in [9.17, 15) is 4.79 Å². The lowest BCUT2D eigenvalue weighted by molar-refractivity contribution is -0.127. The van der Waals surface area contributed by atoms with E-state index < -0.39 is 0 Å². The number of carbonyl (C=O) groups is 1. The van der Waals surface area contributed by atoms with Gasteiger partial charge in [-0.1, -0.05) is 19.3 Å². The lowest BCUT2D eigenvalue weighted by Gasteiger charge is -2.37. The quantitative estimate of drug-likeness (QED) is 0.796. The van der Waals surface area contributed by atoms with Gasteiger partial charge in [-0.15, -0.1) is 0 Å². The van der Waals surface area contributed by atoms with Crippen LogP contribution in [-0.2, 0) is 4.79 Å². The van der Waals surface area contributed by atoms with Crippen molar-refractivity contribution in [2.24, 2.45) is 5.73 Å².